The summed E-state index contributed by atoms with van der Waals surface area (Å²) >= 11 is 5.82. The van der Waals surface area contributed by atoms with Crippen molar-refractivity contribution in [3.63, 3.8) is 0 Å². The summed E-state index contributed by atoms with van der Waals surface area (Å²) in [4.78, 5) is 23.0. The van der Waals surface area contributed by atoms with Crippen molar-refractivity contribution in [3.05, 3.63) is 28.8 Å². The van der Waals surface area contributed by atoms with Crippen LogP contribution in [0.1, 0.15) is 30.6 Å². The molecule has 6 heteroatoms. The summed E-state index contributed by atoms with van der Waals surface area (Å²) in [6.07, 6.45) is 0.337. The fourth-order valence-electron chi connectivity index (χ4n) is 1.54. The van der Waals surface area contributed by atoms with Gasteiger partial charge in [0.05, 0.1) is 18.1 Å². The number of carboxylic acid groups (broad SMARTS) is 1. The van der Waals surface area contributed by atoms with Crippen LogP contribution in [0.25, 0.3) is 0 Å². The summed E-state index contributed by atoms with van der Waals surface area (Å²) in [7, 11) is 1.45. The van der Waals surface area contributed by atoms with E-state index in [9.17, 15) is 9.59 Å². The van der Waals surface area contributed by atoms with Crippen molar-refractivity contribution in [2.24, 2.45) is 5.41 Å². The van der Waals surface area contributed by atoms with Crippen molar-refractivity contribution >= 4 is 23.5 Å². The zero-order chi connectivity index (χ0) is 15.3. The first-order chi connectivity index (χ1) is 9.27. The summed E-state index contributed by atoms with van der Waals surface area (Å²) in [6.45, 7) is 3.50. The van der Waals surface area contributed by atoms with Crippen LogP contribution in [0.3, 0.4) is 0 Å². The molecule has 0 saturated heterocycles. The van der Waals surface area contributed by atoms with Crippen LogP contribution >= 0.6 is 11.6 Å². The number of nitrogens with one attached hydrogen (secondary N) is 1. The Morgan fingerprint density at radius 2 is 2.05 bits per heavy atom. The molecular weight excluding hydrogens is 282 g/mol. The highest BCUT2D eigenvalue weighted by molar-refractivity contribution is 6.30. The number of hydrogen-bond donors (Lipinski definition) is 2. The number of carbonyl (C=O) groups excluding carboxylic acids is 1. The van der Waals surface area contributed by atoms with Crippen molar-refractivity contribution < 1.29 is 19.4 Å². The molecule has 2 N–H and O–H groups in total. The minimum Gasteiger partial charge on any atom is -0.496 e. The van der Waals surface area contributed by atoms with Gasteiger partial charge in [0.2, 0.25) is 0 Å². The van der Waals surface area contributed by atoms with Gasteiger partial charge in [-0.25, -0.2) is 0 Å². The Morgan fingerprint density at radius 3 is 2.60 bits per heavy atom. The molecule has 0 heterocycles. The Labute approximate surface area is 122 Å². The largest absolute Gasteiger partial charge is 0.496 e. The number of carbonyl (C=O) groups is 2. The first-order valence-electron chi connectivity index (χ1n) is 6.13. The number of aliphatic carboxylic acids is 1. The molecule has 0 bridgehead atoms. The lowest BCUT2D eigenvalue weighted by atomic mass is 9.90. The van der Waals surface area contributed by atoms with Gasteiger partial charge in [-0.05, 0) is 38.5 Å². The van der Waals surface area contributed by atoms with Gasteiger partial charge in [0.25, 0.3) is 5.91 Å². The number of methoxy groups -OCH3 is 1. The molecule has 0 fully saturated rings. The summed E-state index contributed by atoms with van der Waals surface area (Å²) < 4.78 is 5.09. The molecule has 5 nitrogen and oxygen atoms in total. The summed E-state index contributed by atoms with van der Waals surface area (Å²) in [5.74, 6) is -0.831. The molecule has 0 spiro atoms. The number of benzene rings is 1. The molecule has 110 valence electrons. The van der Waals surface area contributed by atoms with Crippen LogP contribution in [0.4, 0.5) is 0 Å². The van der Waals surface area contributed by atoms with Crippen LogP contribution in [0.2, 0.25) is 5.02 Å². The van der Waals surface area contributed by atoms with Crippen LogP contribution < -0.4 is 10.1 Å². The SMILES string of the molecule is COc1cc(Cl)ccc1C(=O)NCCC(C)(C)C(=O)O. The second kappa shape index (κ2) is 6.61. The number of halogens is 1. The number of ether oxygens (including phenoxy) is 1. The second-order valence-corrected chi connectivity index (χ2v) is 5.48. The van der Waals surface area contributed by atoms with E-state index >= 15 is 0 Å². The molecule has 1 amide bonds. The molecule has 0 unspecified atom stereocenters. The Hall–Kier alpha value is -1.75. The van der Waals surface area contributed by atoms with Gasteiger partial charge in [-0.2, -0.15) is 0 Å². The molecule has 1 aromatic rings. The predicted molar refractivity (Wildman–Crippen MR) is 76.4 cm³/mol. The minimum atomic E-state index is -0.893. The van der Waals surface area contributed by atoms with Crippen LogP contribution in [0.5, 0.6) is 5.75 Å². The lowest BCUT2D eigenvalue weighted by Gasteiger charge is -2.19. The van der Waals surface area contributed by atoms with E-state index < -0.39 is 11.4 Å². The van der Waals surface area contributed by atoms with E-state index in [0.717, 1.165) is 0 Å². The third kappa shape index (κ3) is 4.13. The zero-order valence-corrected chi connectivity index (χ0v) is 12.5. The van der Waals surface area contributed by atoms with Gasteiger partial charge in [-0.15, -0.1) is 0 Å². The number of amides is 1. The monoisotopic (exact) mass is 299 g/mol. The van der Waals surface area contributed by atoms with E-state index in [4.69, 9.17) is 21.4 Å². The first kappa shape index (κ1) is 16.3. The minimum absolute atomic E-state index is 0.268. The summed E-state index contributed by atoms with van der Waals surface area (Å²) in [5, 5.41) is 12.1. The van der Waals surface area contributed by atoms with E-state index in [0.29, 0.717) is 22.8 Å². The average Bonchev–Trinajstić information content (AvgIpc) is 2.37. The van der Waals surface area contributed by atoms with Crippen LogP contribution in [0, 0.1) is 5.41 Å². The molecule has 1 aromatic carbocycles. The lowest BCUT2D eigenvalue weighted by molar-refractivity contribution is -0.147. The maximum absolute atomic E-state index is 12.0. The molecular formula is C14H18ClNO4. The van der Waals surface area contributed by atoms with Crippen LogP contribution in [-0.2, 0) is 4.79 Å². The highest BCUT2D eigenvalue weighted by Gasteiger charge is 2.26. The molecule has 0 aliphatic heterocycles. The van der Waals surface area contributed by atoms with Gasteiger partial charge in [-0.3, -0.25) is 9.59 Å². The normalized spacial score (nSPS) is 11.0. The molecule has 0 aliphatic rings. The van der Waals surface area contributed by atoms with Crippen molar-refractivity contribution in [2.45, 2.75) is 20.3 Å². The first-order valence-corrected chi connectivity index (χ1v) is 6.51. The second-order valence-electron chi connectivity index (χ2n) is 5.04. The van der Waals surface area contributed by atoms with E-state index in [1.807, 2.05) is 0 Å². The van der Waals surface area contributed by atoms with Gasteiger partial charge < -0.3 is 15.2 Å². The maximum atomic E-state index is 12.0. The Balaban J connectivity index is 2.66. The van der Waals surface area contributed by atoms with Crippen molar-refractivity contribution in [2.75, 3.05) is 13.7 Å². The number of carboxylic acids is 1. The predicted octanol–water partition coefficient (Wildman–Crippen LogP) is 2.58. The average molecular weight is 300 g/mol. The summed E-state index contributed by atoms with van der Waals surface area (Å²) in [5.41, 5.74) is -0.512. The number of rotatable bonds is 6. The van der Waals surface area contributed by atoms with Crippen molar-refractivity contribution in [3.8, 4) is 5.75 Å². The number of hydrogen-bond acceptors (Lipinski definition) is 3. The Bertz CT molecular complexity index is 514. The molecule has 20 heavy (non-hydrogen) atoms. The van der Waals surface area contributed by atoms with Gasteiger partial charge in [0.15, 0.2) is 0 Å². The van der Waals surface area contributed by atoms with Gasteiger partial charge in [0, 0.05) is 11.6 Å². The van der Waals surface area contributed by atoms with Crippen molar-refractivity contribution in [1.82, 2.24) is 5.32 Å². The molecule has 1 rings (SSSR count). The van der Waals surface area contributed by atoms with Gasteiger partial charge >= 0.3 is 5.97 Å². The molecule has 0 atom stereocenters. The van der Waals surface area contributed by atoms with E-state index in [1.54, 1.807) is 32.0 Å². The van der Waals surface area contributed by atoms with E-state index in [1.165, 1.54) is 7.11 Å². The highest BCUT2D eigenvalue weighted by atomic mass is 35.5. The molecule has 0 saturated carbocycles. The zero-order valence-electron chi connectivity index (χ0n) is 11.7. The highest BCUT2D eigenvalue weighted by Crippen LogP contribution is 2.23. The van der Waals surface area contributed by atoms with Crippen molar-refractivity contribution in [1.29, 1.82) is 0 Å². The fourth-order valence-corrected chi connectivity index (χ4v) is 1.71. The van der Waals surface area contributed by atoms with Crippen LogP contribution in [-0.4, -0.2) is 30.6 Å². The molecule has 0 aromatic heterocycles. The Kier molecular flexibility index (Phi) is 5.39. The third-order valence-corrected chi connectivity index (χ3v) is 3.26. The van der Waals surface area contributed by atoms with E-state index in [-0.39, 0.29) is 12.5 Å². The van der Waals surface area contributed by atoms with Gasteiger partial charge in [-0.1, -0.05) is 11.6 Å². The lowest BCUT2D eigenvalue weighted by Crippen LogP contribution is -2.32. The standard InChI is InChI=1S/C14H18ClNO4/c1-14(2,13(18)19)6-7-16-12(17)10-5-4-9(15)8-11(10)20-3/h4-5,8H,6-7H2,1-3H3,(H,16,17)(H,18,19). The van der Waals surface area contributed by atoms with Gasteiger partial charge in [0.1, 0.15) is 5.75 Å². The Morgan fingerprint density at radius 1 is 1.40 bits per heavy atom. The third-order valence-electron chi connectivity index (χ3n) is 3.02. The molecule has 0 aliphatic carbocycles. The maximum Gasteiger partial charge on any atom is 0.309 e. The molecule has 0 radical (unpaired) electrons. The fraction of sp³-hybridized carbons (Fsp3) is 0.429. The smallest absolute Gasteiger partial charge is 0.309 e. The quantitative estimate of drug-likeness (QED) is 0.846. The van der Waals surface area contributed by atoms with Crippen LogP contribution in [0.15, 0.2) is 18.2 Å². The summed E-state index contributed by atoms with van der Waals surface area (Å²) in [6, 6.07) is 4.72. The topological polar surface area (TPSA) is 75.6 Å². The van der Waals surface area contributed by atoms with E-state index in [2.05, 4.69) is 5.32 Å².